The molecule has 108 valence electrons. The second kappa shape index (κ2) is 6.47. The van der Waals surface area contributed by atoms with Crippen LogP contribution in [-0.2, 0) is 6.54 Å². The van der Waals surface area contributed by atoms with E-state index < -0.39 is 6.10 Å². The van der Waals surface area contributed by atoms with E-state index in [0.717, 1.165) is 11.3 Å². The minimum Gasteiger partial charge on any atom is -0.389 e. The van der Waals surface area contributed by atoms with E-state index in [-0.39, 0.29) is 5.69 Å². The Hall–Kier alpha value is -1.24. The van der Waals surface area contributed by atoms with E-state index in [9.17, 15) is 9.90 Å². The Morgan fingerprint density at radius 3 is 2.90 bits per heavy atom. The van der Waals surface area contributed by atoms with Crippen molar-refractivity contribution < 1.29 is 5.11 Å². The largest absolute Gasteiger partial charge is 0.389 e. The van der Waals surface area contributed by atoms with Gasteiger partial charge < -0.3 is 5.11 Å². The van der Waals surface area contributed by atoms with Crippen LogP contribution >= 0.6 is 23.4 Å². The molecule has 2 rings (SSSR count). The summed E-state index contributed by atoms with van der Waals surface area (Å²) in [5.74, 6) is 0. The van der Waals surface area contributed by atoms with E-state index in [1.807, 2.05) is 13.0 Å². The number of H-pyrrole nitrogens is 1. The number of rotatable bonds is 5. The van der Waals surface area contributed by atoms with Crippen molar-refractivity contribution in [3.05, 3.63) is 39.3 Å². The van der Waals surface area contributed by atoms with Crippen molar-refractivity contribution in [1.29, 1.82) is 0 Å². The minimum absolute atomic E-state index is 0.207. The van der Waals surface area contributed by atoms with Crippen molar-refractivity contribution in [2.75, 3.05) is 0 Å². The molecule has 7 heteroatoms. The van der Waals surface area contributed by atoms with Crippen LogP contribution in [0.5, 0.6) is 0 Å². The third kappa shape index (κ3) is 3.26. The van der Waals surface area contributed by atoms with Crippen LogP contribution in [0.2, 0.25) is 5.02 Å². The highest BCUT2D eigenvalue weighted by Gasteiger charge is 2.12. The molecule has 1 aromatic heterocycles. The summed E-state index contributed by atoms with van der Waals surface area (Å²) in [6, 6.07) is 5.40. The van der Waals surface area contributed by atoms with Gasteiger partial charge in [0.15, 0.2) is 5.16 Å². The molecule has 0 saturated heterocycles. The number of aliphatic hydroxyl groups excluding tert-OH is 1. The normalized spacial score (nSPS) is 12.6. The fourth-order valence-corrected chi connectivity index (χ4v) is 3.12. The van der Waals surface area contributed by atoms with Gasteiger partial charge in [-0.25, -0.2) is 9.89 Å². The first-order valence-corrected chi connectivity index (χ1v) is 7.53. The standard InChI is InChI=1S/C13H16ClN3O2S/c1-3-6-17-12(19)15-16-13(17)20-9-4-5-10(8(2)18)11(14)7-9/h4-5,7-8,18H,3,6H2,1-2H3,(H,15,19). The summed E-state index contributed by atoms with van der Waals surface area (Å²) < 4.78 is 1.60. The molecule has 2 aromatic rings. The van der Waals surface area contributed by atoms with E-state index in [1.54, 1.807) is 23.6 Å². The topological polar surface area (TPSA) is 70.9 Å². The van der Waals surface area contributed by atoms with Gasteiger partial charge in [0.1, 0.15) is 0 Å². The van der Waals surface area contributed by atoms with Crippen molar-refractivity contribution in [3.8, 4) is 0 Å². The molecule has 5 nitrogen and oxygen atoms in total. The van der Waals surface area contributed by atoms with Gasteiger partial charge in [0.05, 0.1) is 6.10 Å². The van der Waals surface area contributed by atoms with E-state index in [0.29, 0.717) is 22.3 Å². The second-order valence-electron chi connectivity index (χ2n) is 4.42. The van der Waals surface area contributed by atoms with E-state index in [4.69, 9.17) is 11.6 Å². The summed E-state index contributed by atoms with van der Waals surface area (Å²) in [7, 11) is 0. The van der Waals surface area contributed by atoms with Crippen molar-refractivity contribution in [1.82, 2.24) is 14.8 Å². The lowest BCUT2D eigenvalue weighted by molar-refractivity contribution is 0.199. The molecule has 1 unspecified atom stereocenters. The Morgan fingerprint density at radius 1 is 1.55 bits per heavy atom. The first kappa shape index (κ1) is 15.2. The molecule has 0 bridgehead atoms. The highest BCUT2D eigenvalue weighted by molar-refractivity contribution is 7.99. The number of halogens is 1. The Bertz CT molecular complexity index is 651. The van der Waals surface area contributed by atoms with Gasteiger partial charge in [-0.2, -0.15) is 0 Å². The highest BCUT2D eigenvalue weighted by Crippen LogP contribution is 2.31. The predicted octanol–water partition coefficient (Wildman–Crippen LogP) is 2.84. The van der Waals surface area contributed by atoms with Crippen LogP contribution in [0, 0.1) is 0 Å². The van der Waals surface area contributed by atoms with E-state index in [2.05, 4.69) is 10.2 Å². The van der Waals surface area contributed by atoms with Gasteiger partial charge in [-0.1, -0.05) is 24.6 Å². The lowest BCUT2D eigenvalue weighted by Gasteiger charge is -2.09. The lowest BCUT2D eigenvalue weighted by atomic mass is 10.1. The molecule has 2 N–H and O–H groups in total. The monoisotopic (exact) mass is 313 g/mol. The Morgan fingerprint density at radius 2 is 2.30 bits per heavy atom. The number of aromatic nitrogens is 3. The summed E-state index contributed by atoms with van der Waals surface area (Å²) in [6.07, 6.45) is 0.250. The molecule has 0 fully saturated rings. The molecular formula is C13H16ClN3O2S. The van der Waals surface area contributed by atoms with Crippen LogP contribution in [0.1, 0.15) is 31.9 Å². The molecule has 1 heterocycles. The fraction of sp³-hybridized carbons (Fsp3) is 0.385. The lowest BCUT2D eigenvalue weighted by Crippen LogP contribution is -2.17. The molecule has 0 spiro atoms. The molecule has 0 aliphatic heterocycles. The number of aliphatic hydroxyl groups is 1. The van der Waals surface area contributed by atoms with Crippen LogP contribution in [0.25, 0.3) is 0 Å². The van der Waals surface area contributed by atoms with E-state index in [1.165, 1.54) is 11.8 Å². The Balaban J connectivity index is 2.27. The van der Waals surface area contributed by atoms with Crippen molar-refractivity contribution in [3.63, 3.8) is 0 Å². The Labute approximate surface area is 126 Å². The van der Waals surface area contributed by atoms with Crippen molar-refractivity contribution in [2.45, 2.75) is 43.0 Å². The van der Waals surface area contributed by atoms with Crippen LogP contribution in [0.4, 0.5) is 0 Å². The maximum atomic E-state index is 11.6. The number of hydrogen-bond acceptors (Lipinski definition) is 4. The van der Waals surface area contributed by atoms with Gasteiger partial charge in [0.2, 0.25) is 0 Å². The highest BCUT2D eigenvalue weighted by atomic mass is 35.5. The number of hydrogen-bond donors (Lipinski definition) is 2. The van der Waals surface area contributed by atoms with Crippen molar-refractivity contribution in [2.24, 2.45) is 0 Å². The first-order valence-electron chi connectivity index (χ1n) is 6.33. The summed E-state index contributed by atoms with van der Waals surface area (Å²) in [6.45, 7) is 4.29. The predicted molar refractivity (Wildman–Crippen MR) is 79.3 cm³/mol. The fourth-order valence-electron chi connectivity index (χ4n) is 1.82. The summed E-state index contributed by atoms with van der Waals surface area (Å²) in [4.78, 5) is 12.5. The second-order valence-corrected chi connectivity index (χ2v) is 5.87. The van der Waals surface area contributed by atoms with Gasteiger partial charge in [0.25, 0.3) is 0 Å². The van der Waals surface area contributed by atoms with Gasteiger partial charge in [-0.3, -0.25) is 4.57 Å². The first-order chi connectivity index (χ1) is 9.52. The number of nitrogens with one attached hydrogen (secondary N) is 1. The summed E-state index contributed by atoms with van der Waals surface area (Å²) in [5, 5.41) is 17.1. The smallest absolute Gasteiger partial charge is 0.343 e. The summed E-state index contributed by atoms with van der Waals surface area (Å²) >= 11 is 7.49. The van der Waals surface area contributed by atoms with Gasteiger partial charge in [-0.05, 0) is 42.8 Å². The average molecular weight is 314 g/mol. The minimum atomic E-state index is -0.606. The van der Waals surface area contributed by atoms with Crippen LogP contribution in [0.3, 0.4) is 0 Å². The SMILES string of the molecule is CCCn1c(Sc2ccc(C(C)O)c(Cl)c2)n[nH]c1=O. The number of nitrogens with zero attached hydrogens (tertiary/aromatic N) is 2. The molecule has 0 radical (unpaired) electrons. The molecule has 1 aromatic carbocycles. The molecule has 0 aliphatic carbocycles. The van der Waals surface area contributed by atoms with Crippen molar-refractivity contribution >= 4 is 23.4 Å². The van der Waals surface area contributed by atoms with Crippen LogP contribution in [-0.4, -0.2) is 19.9 Å². The maximum absolute atomic E-state index is 11.6. The average Bonchev–Trinajstić information content (AvgIpc) is 2.72. The summed E-state index contributed by atoms with van der Waals surface area (Å²) in [5.41, 5.74) is 0.477. The third-order valence-corrected chi connectivity index (χ3v) is 4.11. The zero-order chi connectivity index (χ0) is 14.7. The quantitative estimate of drug-likeness (QED) is 0.890. The van der Waals surface area contributed by atoms with Crippen LogP contribution < -0.4 is 5.69 Å². The molecule has 0 aliphatic rings. The molecule has 1 atom stereocenters. The van der Waals surface area contributed by atoms with E-state index >= 15 is 0 Å². The number of benzene rings is 1. The molecule has 20 heavy (non-hydrogen) atoms. The van der Waals surface area contributed by atoms with Gasteiger partial charge in [0, 0.05) is 16.5 Å². The molecule has 0 saturated carbocycles. The van der Waals surface area contributed by atoms with Gasteiger partial charge >= 0.3 is 5.69 Å². The van der Waals surface area contributed by atoms with Crippen LogP contribution in [0.15, 0.2) is 33.0 Å². The molecule has 0 amide bonds. The Kier molecular flexibility index (Phi) is 4.91. The zero-order valence-corrected chi connectivity index (χ0v) is 12.8. The third-order valence-electron chi connectivity index (χ3n) is 2.80. The number of aromatic amines is 1. The molecular weight excluding hydrogens is 298 g/mol. The maximum Gasteiger partial charge on any atom is 0.343 e. The zero-order valence-electron chi connectivity index (χ0n) is 11.3. The van der Waals surface area contributed by atoms with Gasteiger partial charge in [-0.15, -0.1) is 5.10 Å².